The highest BCUT2D eigenvalue weighted by atomic mass is 16.6. The summed E-state index contributed by atoms with van der Waals surface area (Å²) in [6.07, 6.45) is -1.69. The predicted molar refractivity (Wildman–Crippen MR) is 55.9 cm³/mol. The third-order valence-electron chi connectivity index (χ3n) is 2.42. The van der Waals surface area contributed by atoms with Crippen molar-refractivity contribution < 1.29 is 24.1 Å². The second-order valence-electron chi connectivity index (χ2n) is 3.36. The Morgan fingerprint density at radius 2 is 1.47 bits per heavy atom. The molecule has 0 aliphatic carbocycles. The van der Waals surface area contributed by atoms with Crippen molar-refractivity contribution >= 4 is 0 Å². The zero-order chi connectivity index (χ0) is 11.8. The van der Waals surface area contributed by atoms with Gasteiger partial charge in [0.1, 0.15) is 18.3 Å². The maximum atomic E-state index is 9.77. The van der Waals surface area contributed by atoms with Crippen LogP contribution in [0.25, 0.3) is 0 Å². The van der Waals surface area contributed by atoms with E-state index in [9.17, 15) is 5.11 Å². The molecule has 0 aliphatic heterocycles. The van der Waals surface area contributed by atoms with Crippen LogP contribution >= 0.6 is 0 Å². The molecule has 0 bridgehead atoms. The van der Waals surface area contributed by atoms with Gasteiger partial charge in [-0.3, -0.25) is 0 Å². The molecular formula is C10H22O5. The monoisotopic (exact) mass is 222 g/mol. The summed E-state index contributed by atoms with van der Waals surface area (Å²) in [6, 6.07) is 0. The lowest BCUT2D eigenvalue weighted by atomic mass is 10.0. The van der Waals surface area contributed by atoms with Gasteiger partial charge >= 0.3 is 0 Å². The van der Waals surface area contributed by atoms with Gasteiger partial charge < -0.3 is 24.1 Å². The summed E-state index contributed by atoms with van der Waals surface area (Å²) < 4.78 is 20.5. The van der Waals surface area contributed by atoms with Crippen LogP contribution in [-0.2, 0) is 18.9 Å². The quantitative estimate of drug-likeness (QED) is 0.629. The number of aliphatic hydroxyl groups is 1. The standard InChI is InChI=1S/C10H22O5/c1-7(13-3)9(14-4)10(15-5)8(11)6-12-2/h7-11H,6H2,1-5H3/t7-,8+,9+,10-/m0/s1. The molecule has 0 unspecified atom stereocenters. The second-order valence-corrected chi connectivity index (χ2v) is 3.36. The molecule has 15 heavy (non-hydrogen) atoms. The molecule has 0 heterocycles. The highest BCUT2D eigenvalue weighted by molar-refractivity contribution is 4.82. The fourth-order valence-corrected chi connectivity index (χ4v) is 1.50. The molecule has 0 aromatic carbocycles. The Kier molecular flexibility index (Phi) is 7.90. The zero-order valence-electron chi connectivity index (χ0n) is 10.1. The molecule has 0 rings (SSSR count). The van der Waals surface area contributed by atoms with E-state index in [1.165, 1.54) is 14.2 Å². The lowest BCUT2D eigenvalue weighted by Gasteiger charge is -2.31. The van der Waals surface area contributed by atoms with E-state index in [2.05, 4.69) is 0 Å². The maximum absolute atomic E-state index is 9.77. The Bertz CT molecular complexity index is 153. The Balaban J connectivity index is 4.44. The average molecular weight is 222 g/mol. The minimum atomic E-state index is -0.734. The molecular weight excluding hydrogens is 200 g/mol. The third-order valence-corrected chi connectivity index (χ3v) is 2.42. The lowest BCUT2D eigenvalue weighted by Crippen LogP contribution is -2.48. The number of rotatable bonds is 8. The minimum Gasteiger partial charge on any atom is -0.388 e. The molecule has 0 saturated heterocycles. The van der Waals surface area contributed by atoms with Gasteiger partial charge in [0, 0.05) is 28.4 Å². The van der Waals surface area contributed by atoms with Gasteiger partial charge in [0.05, 0.1) is 12.7 Å². The van der Waals surface area contributed by atoms with Gasteiger partial charge in [0.15, 0.2) is 0 Å². The fraction of sp³-hybridized carbons (Fsp3) is 1.00. The Morgan fingerprint density at radius 3 is 1.80 bits per heavy atom. The van der Waals surface area contributed by atoms with Gasteiger partial charge in [-0.25, -0.2) is 0 Å². The van der Waals surface area contributed by atoms with Crippen molar-refractivity contribution in [3.05, 3.63) is 0 Å². The summed E-state index contributed by atoms with van der Waals surface area (Å²) in [5.41, 5.74) is 0. The van der Waals surface area contributed by atoms with E-state index in [0.717, 1.165) is 0 Å². The van der Waals surface area contributed by atoms with Crippen LogP contribution in [0.15, 0.2) is 0 Å². The van der Waals surface area contributed by atoms with Gasteiger partial charge in [-0.2, -0.15) is 0 Å². The van der Waals surface area contributed by atoms with Crippen molar-refractivity contribution in [2.24, 2.45) is 0 Å². The van der Waals surface area contributed by atoms with Gasteiger partial charge in [-0.15, -0.1) is 0 Å². The van der Waals surface area contributed by atoms with Crippen molar-refractivity contribution in [1.82, 2.24) is 0 Å². The van der Waals surface area contributed by atoms with Crippen molar-refractivity contribution in [1.29, 1.82) is 0 Å². The molecule has 0 amide bonds. The summed E-state index contributed by atoms with van der Waals surface area (Å²) in [5, 5.41) is 9.77. The fourth-order valence-electron chi connectivity index (χ4n) is 1.50. The summed E-state index contributed by atoms with van der Waals surface area (Å²) in [4.78, 5) is 0. The topological polar surface area (TPSA) is 57.2 Å². The number of methoxy groups -OCH3 is 4. The van der Waals surface area contributed by atoms with E-state index >= 15 is 0 Å². The van der Waals surface area contributed by atoms with Gasteiger partial charge in [0.25, 0.3) is 0 Å². The van der Waals surface area contributed by atoms with Crippen LogP contribution in [0.4, 0.5) is 0 Å². The predicted octanol–water partition coefficient (Wildman–Crippen LogP) is 0.0586. The van der Waals surface area contributed by atoms with Gasteiger partial charge in [-0.05, 0) is 6.92 Å². The molecule has 0 aromatic heterocycles. The molecule has 0 saturated carbocycles. The Labute approximate surface area is 91.3 Å². The first-order valence-electron chi connectivity index (χ1n) is 4.87. The van der Waals surface area contributed by atoms with E-state index in [1.807, 2.05) is 6.92 Å². The first-order valence-corrected chi connectivity index (χ1v) is 4.87. The van der Waals surface area contributed by atoms with Gasteiger partial charge in [0.2, 0.25) is 0 Å². The number of hydrogen-bond acceptors (Lipinski definition) is 5. The lowest BCUT2D eigenvalue weighted by molar-refractivity contribution is -0.147. The second kappa shape index (κ2) is 8.01. The number of ether oxygens (including phenoxy) is 4. The molecule has 0 aromatic rings. The van der Waals surface area contributed by atoms with Crippen LogP contribution in [0.5, 0.6) is 0 Å². The molecule has 92 valence electrons. The molecule has 5 nitrogen and oxygen atoms in total. The van der Waals surface area contributed by atoms with Crippen molar-refractivity contribution in [2.45, 2.75) is 31.3 Å². The zero-order valence-corrected chi connectivity index (χ0v) is 10.1. The largest absolute Gasteiger partial charge is 0.388 e. The minimum absolute atomic E-state index is 0.161. The third kappa shape index (κ3) is 4.44. The molecule has 1 N–H and O–H groups in total. The highest BCUT2D eigenvalue weighted by Crippen LogP contribution is 2.14. The first kappa shape index (κ1) is 14.8. The van der Waals surface area contributed by atoms with E-state index in [1.54, 1.807) is 14.2 Å². The number of aliphatic hydroxyl groups excluding tert-OH is 1. The smallest absolute Gasteiger partial charge is 0.114 e. The number of hydrogen-bond donors (Lipinski definition) is 1. The van der Waals surface area contributed by atoms with Crippen LogP contribution in [0.1, 0.15) is 6.92 Å². The average Bonchev–Trinajstić information content (AvgIpc) is 2.24. The van der Waals surface area contributed by atoms with Crippen LogP contribution in [0.3, 0.4) is 0 Å². The molecule has 0 fully saturated rings. The van der Waals surface area contributed by atoms with Crippen LogP contribution in [-0.4, -0.2) is 64.6 Å². The summed E-state index contributed by atoms with van der Waals surface area (Å²) in [7, 11) is 6.20. The normalized spacial score (nSPS) is 19.6. The van der Waals surface area contributed by atoms with E-state index < -0.39 is 12.2 Å². The molecule has 0 aliphatic rings. The van der Waals surface area contributed by atoms with E-state index in [0.29, 0.717) is 0 Å². The van der Waals surface area contributed by atoms with Gasteiger partial charge in [-0.1, -0.05) is 0 Å². The molecule has 4 atom stereocenters. The van der Waals surface area contributed by atoms with Crippen LogP contribution in [0.2, 0.25) is 0 Å². The maximum Gasteiger partial charge on any atom is 0.114 e. The van der Waals surface area contributed by atoms with Crippen LogP contribution < -0.4 is 0 Å². The van der Waals surface area contributed by atoms with Crippen LogP contribution in [0, 0.1) is 0 Å². The van der Waals surface area contributed by atoms with Crippen molar-refractivity contribution in [3.63, 3.8) is 0 Å². The molecule has 0 radical (unpaired) electrons. The summed E-state index contributed by atoms with van der Waals surface area (Å²) in [5.74, 6) is 0. The SMILES string of the molecule is COC[C@@H](O)[C@H](OC)[C@H](OC)[C@H](C)OC. The first-order chi connectivity index (χ1) is 7.12. The van der Waals surface area contributed by atoms with E-state index in [-0.39, 0.29) is 18.8 Å². The van der Waals surface area contributed by atoms with Crippen molar-refractivity contribution in [2.75, 3.05) is 35.0 Å². The molecule has 5 heteroatoms. The Hall–Kier alpha value is -0.200. The summed E-state index contributed by atoms with van der Waals surface area (Å²) >= 11 is 0. The summed E-state index contributed by atoms with van der Waals surface area (Å²) in [6.45, 7) is 2.06. The van der Waals surface area contributed by atoms with Crippen molar-refractivity contribution in [3.8, 4) is 0 Å². The van der Waals surface area contributed by atoms with E-state index in [4.69, 9.17) is 18.9 Å². The molecule has 0 spiro atoms. The highest BCUT2D eigenvalue weighted by Gasteiger charge is 2.32. The Morgan fingerprint density at radius 1 is 0.933 bits per heavy atom.